The minimum atomic E-state index is 0.887. The molecule has 0 unspecified atom stereocenters. The molecule has 4 heteroatoms. The molecule has 2 heterocycles. The normalized spacial score (nSPS) is 10.9. The SMILES string of the molecule is Brc1cccc(SCc2cn3ccccc3n2)c1. The molecule has 2 nitrogen and oxygen atoms in total. The lowest BCUT2D eigenvalue weighted by atomic mass is 10.4. The lowest BCUT2D eigenvalue weighted by Gasteiger charge is -1.99. The van der Waals surface area contributed by atoms with Crippen molar-refractivity contribution in [2.45, 2.75) is 10.6 Å². The average molecular weight is 319 g/mol. The van der Waals surface area contributed by atoms with E-state index in [9.17, 15) is 0 Å². The predicted octanol–water partition coefficient (Wildman–Crippen LogP) is 4.39. The highest BCUT2D eigenvalue weighted by Gasteiger charge is 2.02. The van der Waals surface area contributed by atoms with Crippen molar-refractivity contribution in [1.29, 1.82) is 0 Å². The van der Waals surface area contributed by atoms with Gasteiger partial charge in [0.05, 0.1) is 5.69 Å². The third kappa shape index (κ3) is 2.60. The van der Waals surface area contributed by atoms with Crippen LogP contribution in [0.25, 0.3) is 5.65 Å². The topological polar surface area (TPSA) is 17.3 Å². The number of rotatable bonds is 3. The number of hydrogen-bond donors (Lipinski definition) is 0. The molecule has 3 rings (SSSR count). The van der Waals surface area contributed by atoms with Crippen LogP contribution in [0, 0.1) is 0 Å². The zero-order chi connectivity index (χ0) is 12.4. The number of benzene rings is 1. The summed E-state index contributed by atoms with van der Waals surface area (Å²) < 4.78 is 3.17. The van der Waals surface area contributed by atoms with E-state index >= 15 is 0 Å². The fourth-order valence-corrected chi connectivity index (χ4v) is 3.16. The summed E-state index contributed by atoms with van der Waals surface area (Å²) in [4.78, 5) is 5.83. The number of imidazole rings is 1. The predicted molar refractivity (Wildman–Crippen MR) is 78.9 cm³/mol. The first-order valence-electron chi connectivity index (χ1n) is 5.62. The number of fused-ring (bicyclic) bond motifs is 1. The molecule has 0 aliphatic carbocycles. The molecule has 2 aromatic heterocycles. The molecule has 0 spiro atoms. The van der Waals surface area contributed by atoms with Crippen LogP contribution in [0.1, 0.15) is 5.69 Å². The molecule has 0 bridgehead atoms. The van der Waals surface area contributed by atoms with E-state index in [0.717, 1.165) is 21.6 Å². The molecular formula is C14H11BrN2S. The summed E-state index contributed by atoms with van der Waals surface area (Å²) in [5.74, 6) is 0.887. The third-order valence-electron chi connectivity index (χ3n) is 2.60. The van der Waals surface area contributed by atoms with Gasteiger partial charge < -0.3 is 4.40 Å². The van der Waals surface area contributed by atoms with Gasteiger partial charge in [0.15, 0.2) is 0 Å². The Balaban J connectivity index is 1.76. The lowest BCUT2D eigenvalue weighted by Crippen LogP contribution is -1.79. The first kappa shape index (κ1) is 11.8. The Morgan fingerprint density at radius 1 is 1.17 bits per heavy atom. The number of thioether (sulfide) groups is 1. The monoisotopic (exact) mass is 318 g/mol. The quantitative estimate of drug-likeness (QED) is 0.666. The van der Waals surface area contributed by atoms with E-state index in [0.29, 0.717) is 0 Å². The Labute approximate surface area is 118 Å². The average Bonchev–Trinajstić information content (AvgIpc) is 2.79. The number of halogens is 1. The molecule has 1 aromatic carbocycles. The van der Waals surface area contributed by atoms with Gasteiger partial charge in [0, 0.05) is 27.5 Å². The highest BCUT2D eigenvalue weighted by atomic mass is 79.9. The van der Waals surface area contributed by atoms with E-state index in [-0.39, 0.29) is 0 Å². The van der Waals surface area contributed by atoms with Crippen LogP contribution in [0.4, 0.5) is 0 Å². The summed E-state index contributed by atoms with van der Waals surface area (Å²) in [6.07, 6.45) is 4.11. The zero-order valence-corrected chi connectivity index (χ0v) is 12.0. The van der Waals surface area contributed by atoms with Crippen LogP contribution in [-0.2, 0) is 5.75 Å². The third-order valence-corrected chi connectivity index (χ3v) is 4.12. The number of nitrogens with zero attached hydrogens (tertiary/aromatic N) is 2. The maximum absolute atomic E-state index is 4.58. The first-order valence-corrected chi connectivity index (χ1v) is 7.40. The Bertz CT molecular complexity index is 645. The van der Waals surface area contributed by atoms with Crippen molar-refractivity contribution < 1.29 is 0 Å². The van der Waals surface area contributed by atoms with Gasteiger partial charge in [-0.3, -0.25) is 0 Å². The molecule has 0 N–H and O–H groups in total. The number of pyridine rings is 1. The van der Waals surface area contributed by atoms with Crippen LogP contribution < -0.4 is 0 Å². The van der Waals surface area contributed by atoms with Crippen molar-refractivity contribution in [2.24, 2.45) is 0 Å². The van der Waals surface area contributed by atoms with Gasteiger partial charge in [0.1, 0.15) is 5.65 Å². The van der Waals surface area contributed by atoms with Crippen molar-refractivity contribution in [3.8, 4) is 0 Å². The molecule has 0 saturated heterocycles. The second-order valence-electron chi connectivity index (χ2n) is 3.94. The Morgan fingerprint density at radius 2 is 2.11 bits per heavy atom. The van der Waals surface area contributed by atoms with E-state index < -0.39 is 0 Å². The molecule has 0 atom stereocenters. The minimum absolute atomic E-state index is 0.887. The molecule has 0 saturated carbocycles. The molecule has 0 aliphatic heterocycles. The van der Waals surface area contributed by atoms with E-state index in [2.05, 4.69) is 49.7 Å². The largest absolute Gasteiger partial charge is 0.307 e. The van der Waals surface area contributed by atoms with E-state index in [1.54, 1.807) is 11.8 Å². The fourth-order valence-electron chi connectivity index (χ4n) is 1.77. The van der Waals surface area contributed by atoms with Crippen LogP contribution >= 0.6 is 27.7 Å². The number of hydrogen-bond acceptors (Lipinski definition) is 2. The summed E-state index contributed by atoms with van der Waals surface area (Å²) in [7, 11) is 0. The van der Waals surface area contributed by atoms with Gasteiger partial charge in [-0.25, -0.2) is 4.98 Å². The molecule has 18 heavy (non-hydrogen) atoms. The highest BCUT2D eigenvalue weighted by molar-refractivity contribution is 9.10. The maximum Gasteiger partial charge on any atom is 0.137 e. The number of aromatic nitrogens is 2. The van der Waals surface area contributed by atoms with E-state index in [1.807, 2.05) is 30.5 Å². The second kappa shape index (κ2) is 5.16. The highest BCUT2D eigenvalue weighted by Crippen LogP contribution is 2.25. The molecule has 0 amide bonds. The van der Waals surface area contributed by atoms with Crippen molar-refractivity contribution in [3.05, 3.63) is 65.0 Å². The Hall–Kier alpha value is -1.26. The van der Waals surface area contributed by atoms with Gasteiger partial charge in [0.2, 0.25) is 0 Å². The standard InChI is InChI=1S/C14H11BrN2S/c15-11-4-3-5-13(8-11)18-10-12-9-17-7-2-1-6-14(17)16-12/h1-9H,10H2. The molecule has 0 aliphatic rings. The second-order valence-corrected chi connectivity index (χ2v) is 5.91. The smallest absolute Gasteiger partial charge is 0.137 e. The summed E-state index contributed by atoms with van der Waals surface area (Å²) in [5.41, 5.74) is 2.11. The maximum atomic E-state index is 4.58. The van der Waals surface area contributed by atoms with Gasteiger partial charge >= 0.3 is 0 Å². The van der Waals surface area contributed by atoms with Crippen molar-refractivity contribution in [1.82, 2.24) is 9.38 Å². The first-order chi connectivity index (χ1) is 8.81. The van der Waals surface area contributed by atoms with Crippen LogP contribution in [0.2, 0.25) is 0 Å². The summed E-state index contributed by atoms with van der Waals surface area (Å²) in [6, 6.07) is 14.4. The van der Waals surface area contributed by atoms with Crippen LogP contribution in [0.3, 0.4) is 0 Å². The van der Waals surface area contributed by atoms with Gasteiger partial charge in [-0.05, 0) is 30.3 Å². The Kier molecular flexibility index (Phi) is 3.39. The van der Waals surface area contributed by atoms with Crippen molar-refractivity contribution in [3.63, 3.8) is 0 Å². The van der Waals surface area contributed by atoms with E-state index in [1.165, 1.54) is 4.90 Å². The molecule has 0 radical (unpaired) electrons. The zero-order valence-electron chi connectivity index (χ0n) is 9.58. The molecule has 90 valence electrons. The summed E-state index contributed by atoms with van der Waals surface area (Å²) >= 11 is 5.28. The minimum Gasteiger partial charge on any atom is -0.307 e. The van der Waals surface area contributed by atoms with Crippen LogP contribution in [0.5, 0.6) is 0 Å². The van der Waals surface area contributed by atoms with Gasteiger partial charge in [-0.1, -0.05) is 28.1 Å². The molecular weight excluding hydrogens is 308 g/mol. The fraction of sp³-hybridized carbons (Fsp3) is 0.0714. The van der Waals surface area contributed by atoms with E-state index in [4.69, 9.17) is 0 Å². The summed E-state index contributed by atoms with van der Waals surface area (Å²) in [5, 5.41) is 0. The van der Waals surface area contributed by atoms with Crippen LogP contribution in [0.15, 0.2) is 64.2 Å². The lowest BCUT2D eigenvalue weighted by molar-refractivity contribution is 1.18. The van der Waals surface area contributed by atoms with Gasteiger partial charge in [-0.2, -0.15) is 0 Å². The Morgan fingerprint density at radius 3 is 2.94 bits per heavy atom. The van der Waals surface area contributed by atoms with Crippen LogP contribution in [-0.4, -0.2) is 9.38 Å². The molecule has 0 fully saturated rings. The molecule has 3 aromatic rings. The van der Waals surface area contributed by atoms with Gasteiger partial charge in [-0.15, -0.1) is 11.8 Å². The summed E-state index contributed by atoms with van der Waals surface area (Å²) in [6.45, 7) is 0. The van der Waals surface area contributed by atoms with Crippen molar-refractivity contribution >= 4 is 33.3 Å². The van der Waals surface area contributed by atoms with Gasteiger partial charge in [0.25, 0.3) is 0 Å². The van der Waals surface area contributed by atoms with Crippen molar-refractivity contribution in [2.75, 3.05) is 0 Å².